The SMILES string of the molecule is CC(NCC(=O)N1CCCC1)c1ccccc1F. The van der Waals surface area contributed by atoms with Crippen molar-refractivity contribution in [2.24, 2.45) is 0 Å². The van der Waals surface area contributed by atoms with Gasteiger partial charge >= 0.3 is 0 Å². The van der Waals surface area contributed by atoms with E-state index in [4.69, 9.17) is 0 Å². The van der Waals surface area contributed by atoms with Crippen LogP contribution in [-0.2, 0) is 4.79 Å². The fourth-order valence-corrected chi connectivity index (χ4v) is 2.25. The van der Waals surface area contributed by atoms with Gasteiger partial charge in [-0.1, -0.05) is 18.2 Å². The lowest BCUT2D eigenvalue weighted by atomic mass is 10.1. The molecule has 0 aromatic heterocycles. The summed E-state index contributed by atoms with van der Waals surface area (Å²) in [7, 11) is 0. The second kappa shape index (κ2) is 5.96. The highest BCUT2D eigenvalue weighted by molar-refractivity contribution is 5.78. The molecular formula is C14H19FN2O. The van der Waals surface area contributed by atoms with Gasteiger partial charge in [0.2, 0.25) is 5.91 Å². The summed E-state index contributed by atoms with van der Waals surface area (Å²) in [5.74, 6) is -0.123. The molecular weight excluding hydrogens is 231 g/mol. The summed E-state index contributed by atoms with van der Waals surface area (Å²) in [6, 6.07) is 6.50. The minimum absolute atomic E-state index is 0.107. The number of amides is 1. The molecule has 1 fully saturated rings. The number of hydrogen-bond acceptors (Lipinski definition) is 2. The molecule has 1 N–H and O–H groups in total. The van der Waals surface area contributed by atoms with E-state index in [-0.39, 0.29) is 24.3 Å². The smallest absolute Gasteiger partial charge is 0.236 e. The second-order valence-electron chi connectivity index (χ2n) is 4.71. The molecule has 1 saturated heterocycles. The number of nitrogens with one attached hydrogen (secondary N) is 1. The van der Waals surface area contributed by atoms with Gasteiger partial charge in [0, 0.05) is 24.7 Å². The summed E-state index contributed by atoms with van der Waals surface area (Å²) >= 11 is 0. The number of carbonyl (C=O) groups excluding carboxylic acids is 1. The number of rotatable bonds is 4. The Balaban J connectivity index is 1.86. The third-order valence-electron chi connectivity index (χ3n) is 3.39. The van der Waals surface area contributed by atoms with Crippen LogP contribution >= 0.6 is 0 Å². The van der Waals surface area contributed by atoms with E-state index in [1.807, 2.05) is 11.8 Å². The van der Waals surface area contributed by atoms with E-state index in [1.54, 1.807) is 18.2 Å². The molecule has 2 rings (SSSR count). The molecule has 0 spiro atoms. The average molecular weight is 250 g/mol. The number of halogens is 1. The van der Waals surface area contributed by atoms with E-state index in [9.17, 15) is 9.18 Å². The molecule has 0 radical (unpaired) electrons. The van der Waals surface area contributed by atoms with Gasteiger partial charge < -0.3 is 10.2 Å². The second-order valence-corrected chi connectivity index (χ2v) is 4.71. The maximum absolute atomic E-state index is 13.5. The van der Waals surface area contributed by atoms with Gasteiger partial charge in [0.05, 0.1) is 6.54 Å². The third kappa shape index (κ3) is 3.07. The Labute approximate surface area is 107 Å². The van der Waals surface area contributed by atoms with Crippen LogP contribution in [0.3, 0.4) is 0 Å². The Kier molecular flexibility index (Phi) is 4.31. The monoisotopic (exact) mass is 250 g/mol. The Bertz CT molecular complexity index is 416. The molecule has 0 aliphatic carbocycles. The van der Waals surface area contributed by atoms with Gasteiger partial charge in [-0.05, 0) is 25.8 Å². The zero-order valence-corrected chi connectivity index (χ0v) is 10.7. The van der Waals surface area contributed by atoms with Crippen molar-refractivity contribution in [2.75, 3.05) is 19.6 Å². The summed E-state index contributed by atoms with van der Waals surface area (Å²) in [4.78, 5) is 13.7. The fourth-order valence-electron chi connectivity index (χ4n) is 2.25. The van der Waals surface area contributed by atoms with Crippen LogP contribution in [0.4, 0.5) is 4.39 Å². The van der Waals surface area contributed by atoms with Crippen LogP contribution < -0.4 is 5.32 Å². The van der Waals surface area contributed by atoms with Crippen LogP contribution in [0.5, 0.6) is 0 Å². The fraction of sp³-hybridized carbons (Fsp3) is 0.500. The summed E-state index contributed by atoms with van der Waals surface area (Å²) in [5, 5.41) is 3.09. The van der Waals surface area contributed by atoms with Gasteiger partial charge in [-0.3, -0.25) is 4.79 Å². The van der Waals surface area contributed by atoms with Crippen molar-refractivity contribution in [3.63, 3.8) is 0 Å². The molecule has 1 aromatic rings. The number of hydrogen-bond donors (Lipinski definition) is 1. The molecule has 0 bridgehead atoms. The van der Waals surface area contributed by atoms with Crippen LogP contribution in [0.1, 0.15) is 31.4 Å². The van der Waals surface area contributed by atoms with Crippen molar-refractivity contribution >= 4 is 5.91 Å². The highest BCUT2D eigenvalue weighted by atomic mass is 19.1. The van der Waals surface area contributed by atoms with E-state index in [0.717, 1.165) is 25.9 Å². The van der Waals surface area contributed by atoms with Gasteiger partial charge in [-0.15, -0.1) is 0 Å². The molecule has 1 aliphatic heterocycles. The molecule has 18 heavy (non-hydrogen) atoms. The standard InChI is InChI=1S/C14H19FN2O/c1-11(12-6-2-3-7-13(12)15)16-10-14(18)17-8-4-5-9-17/h2-3,6-7,11,16H,4-5,8-10H2,1H3. The van der Waals surface area contributed by atoms with Gasteiger partial charge in [-0.2, -0.15) is 0 Å². The summed E-state index contributed by atoms with van der Waals surface area (Å²) < 4.78 is 13.5. The van der Waals surface area contributed by atoms with E-state index in [2.05, 4.69) is 5.32 Å². The lowest BCUT2D eigenvalue weighted by Gasteiger charge is -2.19. The van der Waals surface area contributed by atoms with Crippen LogP contribution in [-0.4, -0.2) is 30.4 Å². The predicted octanol–water partition coefficient (Wildman–Crippen LogP) is 2.10. The van der Waals surface area contributed by atoms with Crippen LogP contribution in [0, 0.1) is 5.82 Å². The first-order valence-electron chi connectivity index (χ1n) is 6.44. The molecule has 98 valence electrons. The Morgan fingerprint density at radius 2 is 2.06 bits per heavy atom. The van der Waals surface area contributed by atoms with Crippen molar-refractivity contribution < 1.29 is 9.18 Å². The lowest BCUT2D eigenvalue weighted by molar-refractivity contribution is -0.129. The van der Waals surface area contributed by atoms with Crippen molar-refractivity contribution in [3.8, 4) is 0 Å². The first kappa shape index (κ1) is 13.0. The normalized spacial score (nSPS) is 16.9. The average Bonchev–Trinajstić information content (AvgIpc) is 2.90. The van der Waals surface area contributed by atoms with Crippen molar-refractivity contribution in [3.05, 3.63) is 35.6 Å². The maximum atomic E-state index is 13.5. The van der Waals surface area contributed by atoms with Crippen LogP contribution in [0.2, 0.25) is 0 Å². The Morgan fingerprint density at radius 1 is 1.39 bits per heavy atom. The van der Waals surface area contributed by atoms with Crippen LogP contribution in [0.15, 0.2) is 24.3 Å². The van der Waals surface area contributed by atoms with E-state index in [1.165, 1.54) is 6.07 Å². The number of carbonyl (C=O) groups is 1. The molecule has 1 unspecified atom stereocenters. The first-order valence-corrected chi connectivity index (χ1v) is 6.44. The summed E-state index contributed by atoms with van der Waals surface area (Å²) in [6.45, 7) is 3.86. The lowest BCUT2D eigenvalue weighted by Crippen LogP contribution is -2.37. The topological polar surface area (TPSA) is 32.3 Å². The van der Waals surface area contributed by atoms with Crippen LogP contribution in [0.25, 0.3) is 0 Å². The minimum atomic E-state index is -0.230. The summed E-state index contributed by atoms with van der Waals surface area (Å²) in [6.07, 6.45) is 2.18. The third-order valence-corrected chi connectivity index (χ3v) is 3.39. The molecule has 1 amide bonds. The van der Waals surface area contributed by atoms with Crippen molar-refractivity contribution in [2.45, 2.75) is 25.8 Å². The molecule has 0 saturated carbocycles. The van der Waals surface area contributed by atoms with E-state index in [0.29, 0.717) is 5.56 Å². The van der Waals surface area contributed by atoms with Gasteiger partial charge in [0.25, 0.3) is 0 Å². The van der Waals surface area contributed by atoms with E-state index >= 15 is 0 Å². The Hall–Kier alpha value is -1.42. The maximum Gasteiger partial charge on any atom is 0.236 e. The predicted molar refractivity (Wildman–Crippen MR) is 68.6 cm³/mol. The molecule has 1 heterocycles. The van der Waals surface area contributed by atoms with Crippen molar-refractivity contribution in [1.82, 2.24) is 10.2 Å². The minimum Gasteiger partial charge on any atom is -0.342 e. The number of nitrogens with zero attached hydrogens (tertiary/aromatic N) is 1. The molecule has 4 heteroatoms. The Morgan fingerprint density at radius 3 is 2.72 bits per heavy atom. The zero-order chi connectivity index (χ0) is 13.0. The number of likely N-dealkylation sites (tertiary alicyclic amines) is 1. The van der Waals surface area contributed by atoms with Gasteiger partial charge in [-0.25, -0.2) is 4.39 Å². The van der Waals surface area contributed by atoms with Crippen molar-refractivity contribution in [1.29, 1.82) is 0 Å². The van der Waals surface area contributed by atoms with Gasteiger partial charge in [0.1, 0.15) is 5.82 Å². The largest absolute Gasteiger partial charge is 0.342 e. The number of benzene rings is 1. The molecule has 1 aromatic carbocycles. The quantitative estimate of drug-likeness (QED) is 0.887. The molecule has 1 atom stereocenters. The molecule has 3 nitrogen and oxygen atoms in total. The summed E-state index contributed by atoms with van der Waals surface area (Å²) in [5.41, 5.74) is 0.603. The highest BCUT2D eigenvalue weighted by Crippen LogP contribution is 2.16. The van der Waals surface area contributed by atoms with Gasteiger partial charge in [0.15, 0.2) is 0 Å². The first-order chi connectivity index (χ1) is 8.68. The zero-order valence-electron chi connectivity index (χ0n) is 10.7. The molecule has 1 aliphatic rings. The highest BCUT2D eigenvalue weighted by Gasteiger charge is 2.18. The van der Waals surface area contributed by atoms with E-state index < -0.39 is 0 Å².